The Kier molecular flexibility index (Phi) is 7.23. The third-order valence-electron chi connectivity index (χ3n) is 4.88. The van der Waals surface area contributed by atoms with Crippen molar-refractivity contribution in [2.24, 2.45) is 0 Å². The van der Waals surface area contributed by atoms with Crippen molar-refractivity contribution in [3.05, 3.63) is 70.8 Å². The SMILES string of the molecule is CCCCc1ccc(C(C)(C)c2ccc(CP(=O)(O)OCC)cc2)cc1. The predicted molar refractivity (Wildman–Crippen MR) is 109 cm³/mol. The van der Waals surface area contributed by atoms with Crippen molar-refractivity contribution in [1.29, 1.82) is 0 Å². The lowest BCUT2D eigenvalue weighted by Crippen LogP contribution is -2.18. The fourth-order valence-electron chi connectivity index (χ4n) is 3.14. The average Bonchev–Trinajstić information content (AvgIpc) is 2.60. The summed E-state index contributed by atoms with van der Waals surface area (Å²) in [6, 6.07) is 16.8. The smallest absolute Gasteiger partial charge is 0.324 e. The van der Waals surface area contributed by atoms with Gasteiger partial charge in [-0.25, -0.2) is 0 Å². The van der Waals surface area contributed by atoms with Gasteiger partial charge in [-0.2, -0.15) is 0 Å². The molecule has 3 nitrogen and oxygen atoms in total. The maximum atomic E-state index is 11.9. The number of unbranched alkanes of at least 4 members (excludes halogenated alkanes) is 1. The van der Waals surface area contributed by atoms with Crippen LogP contribution < -0.4 is 0 Å². The van der Waals surface area contributed by atoms with Gasteiger partial charge in [0.25, 0.3) is 0 Å². The van der Waals surface area contributed by atoms with Gasteiger partial charge in [0, 0.05) is 5.41 Å². The standard InChI is InChI=1S/C22H31O3P/c1-5-7-8-18-9-13-20(14-10-18)22(3,4)21-15-11-19(12-16-21)17-26(23,24)25-6-2/h9-16H,5-8,17H2,1-4H3,(H,23,24). The van der Waals surface area contributed by atoms with Gasteiger partial charge in [-0.15, -0.1) is 0 Å². The van der Waals surface area contributed by atoms with E-state index in [4.69, 9.17) is 4.52 Å². The Balaban J connectivity index is 2.14. The van der Waals surface area contributed by atoms with Crippen LogP contribution in [0.1, 0.15) is 62.8 Å². The van der Waals surface area contributed by atoms with E-state index in [-0.39, 0.29) is 18.2 Å². The molecule has 0 fully saturated rings. The minimum atomic E-state index is -3.54. The van der Waals surface area contributed by atoms with Crippen LogP contribution in [0.2, 0.25) is 0 Å². The summed E-state index contributed by atoms with van der Waals surface area (Å²) < 4.78 is 16.9. The summed E-state index contributed by atoms with van der Waals surface area (Å²) in [5.74, 6) is 0. The maximum Gasteiger partial charge on any atom is 0.332 e. The van der Waals surface area contributed by atoms with Crippen LogP contribution in [-0.4, -0.2) is 11.5 Å². The van der Waals surface area contributed by atoms with Crippen LogP contribution in [0.15, 0.2) is 48.5 Å². The molecule has 0 spiro atoms. The highest BCUT2D eigenvalue weighted by atomic mass is 31.2. The van der Waals surface area contributed by atoms with E-state index in [9.17, 15) is 9.46 Å². The lowest BCUT2D eigenvalue weighted by Gasteiger charge is -2.26. The van der Waals surface area contributed by atoms with E-state index in [1.165, 1.54) is 29.5 Å². The molecule has 1 atom stereocenters. The van der Waals surface area contributed by atoms with Gasteiger partial charge < -0.3 is 9.42 Å². The normalized spacial score (nSPS) is 14.2. The first-order chi connectivity index (χ1) is 12.3. The van der Waals surface area contributed by atoms with E-state index in [2.05, 4.69) is 45.0 Å². The number of hydrogen-bond acceptors (Lipinski definition) is 2. The van der Waals surface area contributed by atoms with Gasteiger partial charge in [-0.1, -0.05) is 75.7 Å². The highest BCUT2D eigenvalue weighted by Gasteiger charge is 2.24. The van der Waals surface area contributed by atoms with E-state index in [1.807, 2.05) is 24.3 Å². The quantitative estimate of drug-likeness (QED) is 0.541. The molecular formula is C22H31O3P. The Morgan fingerprint density at radius 2 is 1.42 bits per heavy atom. The van der Waals surface area contributed by atoms with E-state index < -0.39 is 7.60 Å². The predicted octanol–water partition coefficient (Wildman–Crippen LogP) is 6.08. The molecule has 2 rings (SSSR count). The van der Waals surface area contributed by atoms with Crippen LogP contribution in [0.3, 0.4) is 0 Å². The van der Waals surface area contributed by atoms with Crippen molar-refractivity contribution < 1.29 is 14.0 Å². The van der Waals surface area contributed by atoms with Gasteiger partial charge in [0.05, 0.1) is 12.8 Å². The number of hydrogen-bond donors (Lipinski definition) is 1. The Labute approximate surface area is 158 Å². The molecule has 0 aromatic heterocycles. The van der Waals surface area contributed by atoms with E-state index in [0.29, 0.717) is 0 Å². The molecule has 4 heteroatoms. The second kappa shape index (κ2) is 8.99. The third kappa shape index (κ3) is 5.54. The first kappa shape index (κ1) is 20.9. The Morgan fingerprint density at radius 3 is 1.88 bits per heavy atom. The molecular weight excluding hydrogens is 343 g/mol. The molecule has 0 saturated carbocycles. The van der Waals surface area contributed by atoms with Crippen LogP contribution in [0.25, 0.3) is 0 Å². The topological polar surface area (TPSA) is 46.5 Å². The molecule has 0 heterocycles. The molecule has 0 aliphatic heterocycles. The van der Waals surface area contributed by atoms with E-state index in [1.54, 1.807) is 6.92 Å². The largest absolute Gasteiger partial charge is 0.332 e. The second-order valence-corrected chi connectivity index (χ2v) is 9.19. The first-order valence-electron chi connectivity index (χ1n) is 9.43. The Morgan fingerprint density at radius 1 is 0.923 bits per heavy atom. The molecule has 1 N–H and O–H groups in total. The van der Waals surface area contributed by atoms with Crippen LogP contribution in [0, 0.1) is 0 Å². The third-order valence-corrected chi connectivity index (χ3v) is 6.31. The van der Waals surface area contributed by atoms with E-state index >= 15 is 0 Å². The van der Waals surface area contributed by atoms with Gasteiger partial charge in [-0.05, 0) is 42.0 Å². The molecule has 0 radical (unpaired) electrons. The molecule has 0 aliphatic carbocycles. The van der Waals surface area contributed by atoms with Gasteiger partial charge in [0.1, 0.15) is 0 Å². The van der Waals surface area contributed by atoms with Crippen LogP contribution >= 0.6 is 7.60 Å². The van der Waals surface area contributed by atoms with Crippen LogP contribution in [-0.2, 0) is 27.1 Å². The minimum Gasteiger partial charge on any atom is -0.324 e. The summed E-state index contributed by atoms with van der Waals surface area (Å²) in [5, 5.41) is 0. The fourth-order valence-corrected chi connectivity index (χ4v) is 4.31. The molecule has 0 saturated heterocycles. The van der Waals surface area contributed by atoms with Gasteiger partial charge in [-0.3, -0.25) is 4.57 Å². The minimum absolute atomic E-state index is 0.0493. The molecule has 26 heavy (non-hydrogen) atoms. The lowest BCUT2D eigenvalue weighted by molar-refractivity contribution is 0.272. The van der Waals surface area contributed by atoms with Gasteiger partial charge in [0.2, 0.25) is 0 Å². The molecule has 142 valence electrons. The lowest BCUT2D eigenvalue weighted by atomic mass is 9.77. The molecule has 1 unspecified atom stereocenters. The summed E-state index contributed by atoms with van der Waals surface area (Å²) in [5.41, 5.74) is 4.54. The van der Waals surface area contributed by atoms with Gasteiger partial charge in [0.15, 0.2) is 0 Å². The zero-order valence-corrected chi connectivity index (χ0v) is 17.3. The molecule has 0 amide bonds. The van der Waals surface area contributed by atoms with E-state index in [0.717, 1.165) is 12.0 Å². The number of rotatable bonds is 9. The second-order valence-electron chi connectivity index (χ2n) is 7.34. The molecule has 0 aliphatic rings. The van der Waals surface area contributed by atoms with Crippen molar-refractivity contribution in [3.8, 4) is 0 Å². The van der Waals surface area contributed by atoms with Crippen LogP contribution in [0.5, 0.6) is 0 Å². The zero-order valence-electron chi connectivity index (χ0n) is 16.4. The van der Waals surface area contributed by atoms with Crippen molar-refractivity contribution >= 4 is 7.60 Å². The van der Waals surface area contributed by atoms with Crippen molar-refractivity contribution in [1.82, 2.24) is 0 Å². The summed E-state index contributed by atoms with van der Waals surface area (Å²) in [6.45, 7) is 8.60. The average molecular weight is 374 g/mol. The Hall–Kier alpha value is -1.41. The summed E-state index contributed by atoms with van der Waals surface area (Å²) in [6.07, 6.45) is 3.62. The monoisotopic (exact) mass is 374 g/mol. The number of aryl methyl sites for hydroxylation is 1. The summed E-state index contributed by atoms with van der Waals surface area (Å²) in [4.78, 5) is 9.80. The summed E-state index contributed by atoms with van der Waals surface area (Å²) in [7, 11) is -3.54. The van der Waals surface area contributed by atoms with Gasteiger partial charge >= 0.3 is 7.60 Å². The zero-order chi connectivity index (χ0) is 19.2. The molecule has 2 aromatic carbocycles. The van der Waals surface area contributed by atoms with Crippen molar-refractivity contribution in [2.45, 2.75) is 58.5 Å². The number of benzene rings is 2. The molecule has 2 aromatic rings. The fraction of sp³-hybridized carbons (Fsp3) is 0.455. The maximum absolute atomic E-state index is 11.9. The highest BCUT2D eigenvalue weighted by Crippen LogP contribution is 2.45. The van der Waals surface area contributed by atoms with Crippen LogP contribution in [0.4, 0.5) is 0 Å². The van der Waals surface area contributed by atoms with Crippen molar-refractivity contribution in [2.75, 3.05) is 6.61 Å². The summed E-state index contributed by atoms with van der Waals surface area (Å²) >= 11 is 0. The first-order valence-corrected chi connectivity index (χ1v) is 11.2. The highest BCUT2D eigenvalue weighted by molar-refractivity contribution is 7.51. The van der Waals surface area contributed by atoms with Crippen molar-refractivity contribution in [3.63, 3.8) is 0 Å². The molecule has 0 bridgehead atoms. The Bertz CT molecular complexity index is 733.